The van der Waals surface area contributed by atoms with E-state index in [1.54, 1.807) is 0 Å². The largest absolute Gasteiger partial charge is 0.453 e. The number of fused-ring (bicyclic) bond motifs is 2. The molecule has 1 aliphatic heterocycles. The van der Waals surface area contributed by atoms with E-state index >= 15 is 0 Å². The van der Waals surface area contributed by atoms with Crippen LogP contribution in [0.5, 0.6) is 11.5 Å². The van der Waals surface area contributed by atoms with Gasteiger partial charge in [-0.05, 0) is 42.0 Å². The first-order valence-electron chi connectivity index (χ1n) is 8.20. The number of rotatable bonds is 3. The molecule has 0 N–H and O–H groups in total. The van der Waals surface area contributed by atoms with Crippen LogP contribution in [0.25, 0.3) is 0 Å². The Bertz CT molecular complexity index is 921. The van der Waals surface area contributed by atoms with Crippen molar-refractivity contribution in [3.05, 3.63) is 78.4 Å². The fourth-order valence-electron chi connectivity index (χ4n) is 2.90. The smallest absolute Gasteiger partial charge is 0.151 e. The highest BCUT2D eigenvalue weighted by atomic mass is 16.5. The quantitative estimate of drug-likeness (QED) is 0.498. The van der Waals surface area contributed by atoms with Crippen LogP contribution in [0.1, 0.15) is 5.56 Å². The molecular weight excluding hydrogens is 310 g/mol. The van der Waals surface area contributed by atoms with Crippen LogP contribution < -0.4 is 14.6 Å². The predicted molar refractivity (Wildman–Crippen MR) is 103 cm³/mol. The van der Waals surface area contributed by atoms with E-state index in [2.05, 4.69) is 35.2 Å². The Labute approximate surface area is 147 Å². The Morgan fingerprint density at radius 2 is 1.60 bits per heavy atom. The summed E-state index contributed by atoms with van der Waals surface area (Å²) in [5.41, 5.74) is 4.16. The molecule has 0 amide bonds. The fraction of sp³-hybridized carbons (Fsp3) is 0.0952. The lowest BCUT2D eigenvalue weighted by molar-refractivity contribution is 0.475. The van der Waals surface area contributed by atoms with E-state index in [1.807, 2.05) is 72.9 Å². The molecule has 0 fully saturated rings. The molecule has 1 aliphatic rings. The molecule has 0 saturated carbocycles. The van der Waals surface area contributed by atoms with Crippen molar-refractivity contribution in [1.29, 1.82) is 0 Å². The van der Waals surface area contributed by atoms with Crippen LogP contribution in [-0.4, -0.2) is 20.3 Å². The van der Waals surface area contributed by atoms with Gasteiger partial charge in [-0.3, -0.25) is 5.01 Å². The topological polar surface area (TPSA) is 28.1 Å². The Morgan fingerprint density at radius 3 is 2.44 bits per heavy atom. The first kappa shape index (κ1) is 15.3. The summed E-state index contributed by atoms with van der Waals surface area (Å²) in [5, 5.41) is 6.37. The SMILES string of the molecule is CN(N=Cc1ccc2c(c1)Oc1ccccc1N2C)c1ccccc1. The third kappa shape index (κ3) is 2.94. The van der Waals surface area contributed by atoms with Gasteiger partial charge in [-0.25, -0.2) is 0 Å². The first-order valence-corrected chi connectivity index (χ1v) is 8.20. The Hall–Kier alpha value is -3.27. The molecule has 0 spiro atoms. The average Bonchev–Trinajstić information content (AvgIpc) is 2.67. The number of para-hydroxylation sites is 3. The molecule has 0 unspecified atom stereocenters. The van der Waals surface area contributed by atoms with Gasteiger partial charge in [0.25, 0.3) is 0 Å². The average molecular weight is 329 g/mol. The van der Waals surface area contributed by atoms with Crippen molar-refractivity contribution in [2.45, 2.75) is 0 Å². The Morgan fingerprint density at radius 1 is 0.880 bits per heavy atom. The van der Waals surface area contributed by atoms with Crippen molar-refractivity contribution >= 4 is 23.3 Å². The summed E-state index contributed by atoms with van der Waals surface area (Å²) in [7, 11) is 3.99. The van der Waals surface area contributed by atoms with Crippen LogP contribution in [0.4, 0.5) is 17.1 Å². The molecule has 4 rings (SSSR count). The van der Waals surface area contributed by atoms with E-state index in [4.69, 9.17) is 4.74 Å². The van der Waals surface area contributed by atoms with Gasteiger partial charge in [-0.15, -0.1) is 0 Å². The highest BCUT2D eigenvalue weighted by Crippen LogP contribution is 2.45. The number of hydrazone groups is 1. The number of hydrogen-bond donors (Lipinski definition) is 0. The lowest BCUT2D eigenvalue weighted by Gasteiger charge is -2.29. The molecule has 0 radical (unpaired) electrons. The van der Waals surface area contributed by atoms with Crippen molar-refractivity contribution < 1.29 is 4.74 Å². The third-order valence-corrected chi connectivity index (χ3v) is 4.30. The van der Waals surface area contributed by atoms with E-state index < -0.39 is 0 Å². The molecule has 4 nitrogen and oxygen atoms in total. The minimum atomic E-state index is 0.840. The summed E-state index contributed by atoms with van der Waals surface area (Å²) >= 11 is 0. The van der Waals surface area contributed by atoms with E-state index in [1.165, 1.54) is 0 Å². The van der Waals surface area contributed by atoms with Gasteiger partial charge in [-0.1, -0.05) is 36.4 Å². The maximum Gasteiger partial charge on any atom is 0.151 e. The molecule has 124 valence electrons. The lowest BCUT2D eigenvalue weighted by Crippen LogP contribution is -2.15. The Balaban J connectivity index is 1.59. The van der Waals surface area contributed by atoms with Crippen LogP contribution in [0.2, 0.25) is 0 Å². The second-order valence-corrected chi connectivity index (χ2v) is 5.96. The zero-order valence-electron chi connectivity index (χ0n) is 14.3. The lowest BCUT2D eigenvalue weighted by atomic mass is 10.1. The number of hydrogen-bond acceptors (Lipinski definition) is 4. The molecule has 25 heavy (non-hydrogen) atoms. The van der Waals surface area contributed by atoms with Crippen molar-refractivity contribution in [2.24, 2.45) is 5.10 Å². The summed E-state index contributed by atoms with van der Waals surface area (Å²) in [6.07, 6.45) is 1.84. The summed E-state index contributed by atoms with van der Waals surface area (Å²) in [5.74, 6) is 1.71. The molecule has 0 atom stereocenters. The van der Waals surface area contributed by atoms with Gasteiger partial charge in [0.05, 0.1) is 23.3 Å². The van der Waals surface area contributed by atoms with Gasteiger partial charge >= 0.3 is 0 Å². The molecular formula is C21H19N3O. The van der Waals surface area contributed by atoms with E-state index in [9.17, 15) is 0 Å². The van der Waals surface area contributed by atoms with E-state index in [0.29, 0.717) is 0 Å². The van der Waals surface area contributed by atoms with Crippen molar-refractivity contribution in [2.75, 3.05) is 24.0 Å². The second kappa shape index (κ2) is 6.32. The molecule has 1 heterocycles. The highest BCUT2D eigenvalue weighted by molar-refractivity contribution is 5.85. The first-order chi connectivity index (χ1) is 12.2. The third-order valence-electron chi connectivity index (χ3n) is 4.30. The van der Waals surface area contributed by atoms with Crippen molar-refractivity contribution in [3.8, 4) is 11.5 Å². The minimum Gasteiger partial charge on any atom is -0.453 e. The maximum absolute atomic E-state index is 6.06. The van der Waals surface area contributed by atoms with E-state index in [-0.39, 0.29) is 0 Å². The summed E-state index contributed by atoms with van der Waals surface area (Å²) in [4.78, 5) is 2.14. The van der Waals surface area contributed by atoms with Crippen LogP contribution in [0.3, 0.4) is 0 Å². The molecule has 0 saturated heterocycles. The van der Waals surface area contributed by atoms with Gasteiger partial charge < -0.3 is 9.64 Å². The summed E-state index contributed by atoms with van der Waals surface area (Å²) in [6.45, 7) is 0. The number of nitrogens with zero attached hydrogens (tertiary/aromatic N) is 3. The molecule has 3 aromatic rings. The highest BCUT2D eigenvalue weighted by Gasteiger charge is 2.21. The zero-order chi connectivity index (χ0) is 17.2. The Kier molecular flexibility index (Phi) is 3.86. The van der Waals surface area contributed by atoms with E-state index in [0.717, 1.165) is 34.1 Å². The summed E-state index contributed by atoms with van der Waals surface area (Å²) in [6, 6.07) is 24.2. The van der Waals surface area contributed by atoms with Gasteiger partial charge in [0.1, 0.15) is 0 Å². The molecule has 0 bridgehead atoms. The molecule has 4 heteroatoms. The predicted octanol–water partition coefficient (Wildman–Crippen LogP) is 5.03. The monoisotopic (exact) mass is 329 g/mol. The zero-order valence-corrected chi connectivity index (χ0v) is 14.3. The van der Waals surface area contributed by atoms with Gasteiger partial charge in [0.2, 0.25) is 0 Å². The van der Waals surface area contributed by atoms with Gasteiger partial charge in [0.15, 0.2) is 11.5 Å². The van der Waals surface area contributed by atoms with Gasteiger partial charge in [-0.2, -0.15) is 5.10 Å². The maximum atomic E-state index is 6.06. The van der Waals surface area contributed by atoms with Crippen molar-refractivity contribution in [1.82, 2.24) is 0 Å². The van der Waals surface area contributed by atoms with Crippen LogP contribution in [0.15, 0.2) is 77.9 Å². The number of benzene rings is 3. The van der Waals surface area contributed by atoms with Gasteiger partial charge in [0, 0.05) is 14.1 Å². The fourth-order valence-corrected chi connectivity index (χ4v) is 2.90. The minimum absolute atomic E-state index is 0.840. The molecule has 3 aromatic carbocycles. The standard InChI is InChI=1S/C21H19N3O/c1-23-18-10-6-7-11-20(18)25-21-14-16(12-13-19(21)23)15-22-24(2)17-8-4-3-5-9-17/h3-15H,1-2H3. The van der Waals surface area contributed by atoms with Crippen LogP contribution in [0, 0.1) is 0 Å². The van der Waals surface area contributed by atoms with Crippen molar-refractivity contribution in [3.63, 3.8) is 0 Å². The molecule has 0 aliphatic carbocycles. The number of anilines is 3. The summed E-state index contributed by atoms with van der Waals surface area (Å²) < 4.78 is 6.06. The number of ether oxygens (including phenoxy) is 1. The van der Waals surface area contributed by atoms with Crippen LogP contribution >= 0.6 is 0 Å². The second-order valence-electron chi connectivity index (χ2n) is 5.96. The van der Waals surface area contributed by atoms with Crippen LogP contribution in [-0.2, 0) is 0 Å². The normalized spacial score (nSPS) is 12.5. The molecule has 0 aromatic heterocycles.